The third kappa shape index (κ3) is 6.90. The molecular formula is C65H51NS. The van der Waals surface area contributed by atoms with Gasteiger partial charge in [-0.05, 0) is 108 Å². The Balaban J connectivity index is 1.10. The van der Waals surface area contributed by atoms with Crippen molar-refractivity contribution < 1.29 is 0 Å². The van der Waals surface area contributed by atoms with Gasteiger partial charge < -0.3 is 4.90 Å². The van der Waals surface area contributed by atoms with Gasteiger partial charge in [0.1, 0.15) is 0 Å². The van der Waals surface area contributed by atoms with Gasteiger partial charge in [-0.2, -0.15) is 0 Å². The number of hydrogen-bond acceptors (Lipinski definition) is 2. The van der Waals surface area contributed by atoms with Crippen LogP contribution in [-0.4, -0.2) is 0 Å². The molecule has 0 aliphatic heterocycles. The quantitative estimate of drug-likeness (QED) is 0.154. The van der Waals surface area contributed by atoms with Crippen molar-refractivity contribution in [1.82, 2.24) is 0 Å². The number of rotatable bonds is 7. The molecule has 0 bridgehead atoms. The third-order valence-corrected chi connectivity index (χ3v) is 15.5. The van der Waals surface area contributed by atoms with Crippen LogP contribution in [0.2, 0.25) is 0 Å². The van der Waals surface area contributed by atoms with Crippen molar-refractivity contribution in [3.63, 3.8) is 0 Å². The van der Waals surface area contributed by atoms with E-state index in [4.69, 9.17) is 0 Å². The van der Waals surface area contributed by atoms with Gasteiger partial charge in [0.15, 0.2) is 0 Å². The van der Waals surface area contributed by atoms with Crippen LogP contribution in [0.5, 0.6) is 0 Å². The summed E-state index contributed by atoms with van der Waals surface area (Å²) in [5, 5.41) is 5.05. The topological polar surface area (TPSA) is 3.24 Å². The number of benzene rings is 10. The standard InChI is InChI=1S/C65H51NS/c1-64(2,3)48-34-30-43(31-35-48)42-26-28-44(29-27-42)47-33-38-59(56(40-47)45-16-7-6-8-17-45)66(49-36-37-52-51-20-11-13-24-57(51)65(4,5)58(52)41-49)60-39-32-46-18-9-10-19-50(46)62(60)55-23-15-22-54-53-21-12-14-25-61(53)67-63(54)55/h6-41H,1-5H3. The molecule has 0 spiro atoms. The van der Waals surface area contributed by atoms with Crippen molar-refractivity contribution in [3.8, 4) is 55.6 Å². The molecule has 2 heteroatoms. The number of anilines is 3. The molecule has 0 fully saturated rings. The van der Waals surface area contributed by atoms with Crippen LogP contribution in [0.3, 0.4) is 0 Å². The van der Waals surface area contributed by atoms with Crippen molar-refractivity contribution in [3.05, 3.63) is 235 Å². The first-order chi connectivity index (χ1) is 32.6. The van der Waals surface area contributed by atoms with Crippen LogP contribution < -0.4 is 4.90 Å². The lowest BCUT2D eigenvalue weighted by atomic mass is 9.82. The zero-order chi connectivity index (χ0) is 45.4. The van der Waals surface area contributed by atoms with Crippen LogP contribution in [0.15, 0.2) is 218 Å². The first kappa shape index (κ1) is 40.9. The highest BCUT2D eigenvalue weighted by Gasteiger charge is 2.36. The van der Waals surface area contributed by atoms with E-state index in [0.29, 0.717) is 0 Å². The van der Waals surface area contributed by atoms with Gasteiger partial charge in [-0.3, -0.25) is 0 Å². The molecule has 12 rings (SSSR count). The molecule has 1 aliphatic rings. The highest BCUT2D eigenvalue weighted by Crippen LogP contribution is 2.54. The predicted molar refractivity (Wildman–Crippen MR) is 290 cm³/mol. The van der Waals surface area contributed by atoms with E-state index in [1.165, 1.54) is 103 Å². The fourth-order valence-corrected chi connectivity index (χ4v) is 11.9. The minimum atomic E-state index is -0.171. The first-order valence-corrected chi connectivity index (χ1v) is 24.3. The molecule has 10 aromatic carbocycles. The summed E-state index contributed by atoms with van der Waals surface area (Å²) in [4.78, 5) is 2.56. The van der Waals surface area contributed by atoms with Gasteiger partial charge in [0.05, 0.1) is 11.4 Å². The minimum Gasteiger partial charge on any atom is -0.309 e. The van der Waals surface area contributed by atoms with E-state index in [-0.39, 0.29) is 10.8 Å². The predicted octanol–water partition coefficient (Wildman–Crippen LogP) is 18.9. The molecule has 322 valence electrons. The number of fused-ring (bicyclic) bond motifs is 7. The molecule has 0 unspecified atom stereocenters. The van der Waals surface area contributed by atoms with Crippen LogP contribution >= 0.6 is 11.3 Å². The monoisotopic (exact) mass is 877 g/mol. The van der Waals surface area contributed by atoms with E-state index in [1.54, 1.807) is 0 Å². The number of thiophene rings is 1. The van der Waals surface area contributed by atoms with Crippen molar-refractivity contribution in [2.24, 2.45) is 0 Å². The Bertz CT molecular complexity index is 3680. The Labute approximate surface area is 398 Å². The van der Waals surface area contributed by atoms with Crippen LogP contribution in [-0.2, 0) is 10.8 Å². The van der Waals surface area contributed by atoms with E-state index in [2.05, 4.69) is 258 Å². The molecule has 1 aromatic heterocycles. The first-order valence-electron chi connectivity index (χ1n) is 23.5. The Morgan fingerprint density at radius 1 is 0.403 bits per heavy atom. The molecule has 0 atom stereocenters. The SMILES string of the molecule is CC(C)(C)c1ccc(-c2ccc(-c3ccc(N(c4ccc5c(c4)C(C)(C)c4ccccc4-5)c4ccc5ccccc5c4-c4cccc5c4sc4ccccc45)c(-c4ccccc4)c3)cc2)cc1. The normalized spacial score (nSPS) is 13.0. The summed E-state index contributed by atoms with van der Waals surface area (Å²) >= 11 is 1.89. The maximum Gasteiger partial charge on any atom is 0.0547 e. The largest absolute Gasteiger partial charge is 0.309 e. The van der Waals surface area contributed by atoms with E-state index in [1.807, 2.05) is 11.3 Å². The van der Waals surface area contributed by atoms with E-state index < -0.39 is 0 Å². The van der Waals surface area contributed by atoms with Crippen molar-refractivity contribution in [1.29, 1.82) is 0 Å². The zero-order valence-corrected chi connectivity index (χ0v) is 39.5. The lowest BCUT2D eigenvalue weighted by Gasteiger charge is -2.32. The maximum atomic E-state index is 2.56. The molecule has 0 saturated heterocycles. The van der Waals surface area contributed by atoms with Crippen LogP contribution in [0, 0.1) is 0 Å². The Morgan fingerprint density at radius 3 is 1.78 bits per heavy atom. The maximum absolute atomic E-state index is 2.56. The summed E-state index contributed by atoms with van der Waals surface area (Å²) in [5.41, 5.74) is 19.7. The summed E-state index contributed by atoms with van der Waals surface area (Å²) in [6.45, 7) is 11.6. The van der Waals surface area contributed by atoms with E-state index >= 15 is 0 Å². The second kappa shape index (κ2) is 15.8. The lowest BCUT2D eigenvalue weighted by molar-refractivity contribution is 0.590. The van der Waals surface area contributed by atoms with Crippen molar-refractivity contribution >= 4 is 59.3 Å². The summed E-state index contributed by atoms with van der Waals surface area (Å²) in [6, 6.07) is 81.7. The molecule has 0 amide bonds. The molecule has 11 aromatic rings. The average molecular weight is 878 g/mol. The van der Waals surface area contributed by atoms with Crippen molar-refractivity contribution in [2.45, 2.75) is 45.4 Å². The van der Waals surface area contributed by atoms with Crippen LogP contribution in [0.25, 0.3) is 86.6 Å². The average Bonchev–Trinajstić information content (AvgIpc) is 3.86. The third-order valence-electron chi connectivity index (χ3n) is 14.3. The van der Waals surface area contributed by atoms with Gasteiger partial charge in [0, 0.05) is 48.0 Å². The molecule has 0 N–H and O–H groups in total. The van der Waals surface area contributed by atoms with Crippen LogP contribution in [0.1, 0.15) is 51.3 Å². The van der Waals surface area contributed by atoms with E-state index in [0.717, 1.165) is 17.1 Å². The van der Waals surface area contributed by atoms with E-state index in [9.17, 15) is 0 Å². The fraction of sp³-hybridized carbons (Fsp3) is 0.108. The second-order valence-corrected chi connectivity index (χ2v) is 20.8. The number of nitrogens with zero attached hydrogens (tertiary/aromatic N) is 1. The highest BCUT2D eigenvalue weighted by atomic mass is 32.1. The van der Waals surface area contributed by atoms with Crippen LogP contribution in [0.4, 0.5) is 17.1 Å². The molecule has 1 aliphatic carbocycles. The Hall–Kier alpha value is -7.52. The van der Waals surface area contributed by atoms with Crippen molar-refractivity contribution in [2.75, 3.05) is 4.90 Å². The number of hydrogen-bond donors (Lipinski definition) is 0. The van der Waals surface area contributed by atoms with Gasteiger partial charge in [0.25, 0.3) is 0 Å². The molecule has 67 heavy (non-hydrogen) atoms. The summed E-state index contributed by atoms with van der Waals surface area (Å²) in [6.07, 6.45) is 0. The smallest absolute Gasteiger partial charge is 0.0547 e. The zero-order valence-electron chi connectivity index (χ0n) is 38.6. The van der Waals surface area contributed by atoms with Gasteiger partial charge >= 0.3 is 0 Å². The summed E-state index contributed by atoms with van der Waals surface area (Å²) < 4.78 is 2.61. The highest BCUT2D eigenvalue weighted by molar-refractivity contribution is 7.26. The van der Waals surface area contributed by atoms with Gasteiger partial charge in [-0.25, -0.2) is 0 Å². The van der Waals surface area contributed by atoms with Gasteiger partial charge in [-0.1, -0.05) is 217 Å². The molecular weight excluding hydrogens is 827 g/mol. The molecule has 0 radical (unpaired) electrons. The van der Waals surface area contributed by atoms with Gasteiger partial charge in [0.2, 0.25) is 0 Å². The Morgan fingerprint density at radius 2 is 1.00 bits per heavy atom. The Kier molecular flexibility index (Phi) is 9.68. The second-order valence-electron chi connectivity index (χ2n) is 19.7. The lowest BCUT2D eigenvalue weighted by Crippen LogP contribution is -2.17. The fourth-order valence-electron chi connectivity index (χ4n) is 10.7. The molecule has 0 saturated carbocycles. The minimum absolute atomic E-state index is 0.118. The molecule has 1 heterocycles. The molecule has 1 nitrogen and oxygen atoms in total. The summed E-state index contributed by atoms with van der Waals surface area (Å²) in [7, 11) is 0. The summed E-state index contributed by atoms with van der Waals surface area (Å²) in [5.74, 6) is 0. The van der Waals surface area contributed by atoms with Gasteiger partial charge in [-0.15, -0.1) is 11.3 Å².